The third-order valence-electron chi connectivity index (χ3n) is 5.92. The zero-order valence-electron chi connectivity index (χ0n) is 20.6. The van der Waals surface area contributed by atoms with Crippen LogP contribution in [-0.2, 0) is 10.8 Å². The van der Waals surface area contributed by atoms with Crippen molar-refractivity contribution in [1.29, 1.82) is 0 Å². The first-order chi connectivity index (χ1) is 17.7. The van der Waals surface area contributed by atoms with E-state index in [-0.39, 0.29) is 5.69 Å². The van der Waals surface area contributed by atoms with Crippen LogP contribution in [0.3, 0.4) is 0 Å². The average molecular weight is 524 g/mol. The van der Waals surface area contributed by atoms with E-state index in [1.54, 1.807) is 49.1 Å². The largest absolute Gasteiger partial charge is 0.497 e. The molecular weight excluding hydrogens is 496 g/mol. The number of aromatic nitrogens is 2. The van der Waals surface area contributed by atoms with E-state index in [1.165, 1.54) is 17.4 Å². The van der Waals surface area contributed by atoms with Gasteiger partial charge in [-0.1, -0.05) is 18.2 Å². The van der Waals surface area contributed by atoms with E-state index in [9.17, 15) is 13.0 Å². The van der Waals surface area contributed by atoms with Crippen molar-refractivity contribution in [2.24, 2.45) is 11.6 Å². The van der Waals surface area contributed by atoms with E-state index in [0.717, 1.165) is 16.7 Å². The van der Waals surface area contributed by atoms with E-state index in [1.807, 2.05) is 42.5 Å². The van der Waals surface area contributed by atoms with Crippen LogP contribution < -0.4 is 21.3 Å². The summed E-state index contributed by atoms with van der Waals surface area (Å²) in [6.45, 7) is 1.65. The smallest absolute Gasteiger partial charge is 0.281 e. The van der Waals surface area contributed by atoms with Crippen molar-refractivity contribution >= 4 is 22.2 Å². The topological polar surface area (TPSA) is 99.4 Å². The van der Waals surface area contributed by atoms with Crippen molar-refractivity contribution in [2.45, 2.75) is 18.2 Å². The monoisotopic (exact) mass is 523 g/mol. The first-order valence-corrected chi connectivity index (χ1v) is 12.8. The number of ether oxygens (including phenoxy) is 1. The van der Waals surface area contributed by atoms with Gasteiger partial charge in [0, 0.05) is 39.9 Å². The number of nitrogens with zero attached hydrogens (tertiary/aromatic N) is 3. The Morgan fingerprint density at radius 1 is 1.11 bits per heavy atom. The quantitative estimate of drug-likeness (QED) is 0.244. The Morgan fingerprint density at radius 3 is 2.41 bits per heavy atom. The number of anilines is 1. The van der Waals surface area contributed by atoms with E-state index < -0.39 is 17.2 Å². The van der Waals surface area contributed by atoms with Gasteiger partial charge in [-0.15, -0.1) is 0 Å². The molecule has 0 saturated carbocycles. The molecule has 37 heavy (non-hydrogen) atoms. The number of rotatable bonds is 8. The van der Waals surface area contributed by atoms with Gasteiger partial charge >= 0.3 is 0 Å². The average Bonchev–Trinajstić information content (AvgIpc) is 3.30. The van der Waals surface area contributed by atoms with Crippen LogP contribution in [0.5, 0.6) is 5.75 Å². The fraction of sp³-hybridized carbons (Fsp3) is 0.148. The number of halogens is 2. The van der Waals surface area contributed by atoms with Crippen molar-refractivity contribution in [3.8, 4) is 22.6 Å². The summed E-state index contributed by atoms with van der Waals surface area (Å²) in [6, 6.07) is 20.0. The van der Waals surface area contributed by atoms with Gasteiger partial charge in [-0.25, -0.2) is 19.6 Å². The van der Waals surface area contributed by atoms with Crippen LogP contribution in [0.1, 0.15) is 23.5 Å². The minimum absolute atomic E-state index is 0.334. The molecule has 4 aromatic rings. The van der Waals surface area contributed by atoms with Crippen LogP contribution in [0.4, 0.5) is 14.5 Å². The highest BCUT2D eigenvalue weighted by Crippen LogP contribution is 2.35. The van der Waals surface area contributed by atoms with Crippen LogP contribution >= 0.6 is 0 Å². The third-order valence-corrected chi connectivity index (χ3v) is 6.84. The maximum Gasteiger partial charge on any atom is 0.281 e. The Labute approximate surface area is 216 Å². The number of alkyl halides is 2. The Balaban J connectivity index is 1.88. The molecule has 0 saturated heterocycles. The zero-order chi connectivity index (χ0) is 26.7. The first-order valence-electron chi connectivity index (χ1n) is 11.3. The molecule has 0 radical (unpaired) electrons. The molecule has 0 fully saturated rings. The lowest BCUT2D eigenvalue weighted by Gasteiger charge is -2.26. The Morgan fingerprint density at radius 2 is 1.81 bits per heavy atom. The molecule has 0 bridgehead atoms. The molecule has 4 N–H and O–H groups in total. The summed E-state index contributed by atoms with van der Waals surface area (Å²) in [5.74, 6) is 7.71. The van der Waals surface area contributed by atoms with E-state index in [4.69, 9.17) is 16.3 Å². The van der Waals surface area contributed by atoms with Gasteiger partial charge < -0.3 is 15.0 Å². The van der Waals surface area contributed by atoms with Gasteiger partial charge in [-0.05, 0) is 66.6 Å². The van der Waals surface area contributed by atoms with Crippen LogP contribution in [0, 0.1) is 6.92 Å². The second-order valence-corrected chi connectivity index (χ2v) is 9.60. The van der Waals surface area contributed by atoms with Gasteiger partial charge in [-0.3, -0.25) is 9.22 Å². The third kappa shape index (κ3) is 5.40. The summed E-state index contributed by atoms with van der Waals surface area (Å²) < 4.78 is 45.7. The van der Waals surface area contributed by atoms with Gasteiger partial charge in [0.25, 0.3) is 6.43 Å². The fourth-order valence-corrected chi connectivity index (χ4v) is 4.57. The highest BCUT2D eigenvalue weighted by Gasteiger charge is 2.20. The molecule has 7 nitrogen and oxygen atoms in total. The summed E-state index contributed by atoms with van der Waals surface area (Å²) in [4.78, 5) is 4.69. The molecule has 1 aromatic heterocycles. The van der Waals surface area contributed by atoms with Crippen LogP contribution in [0.25, 0.3) is 22.5 Å². The molecule has 1 heterocycles. The standard InChI is InChI=1S/C27H27F2N5O2S/c1-17-32-23(27(28)29)16-33(17)24-12-9-20(19-5-4-6-22(13-19)37(3)35)14-25(24)34(31)26(15-30)18-7-10-21(36-2)11-8-18/h4-16,27H,30-31H2,1-3H3/b26-15-. The zero-order valence-corrected chi connectivity index (χ0v) is 21.4. The lowest BCUT2D eigenvalue weighted by Crippen LogP contribution is -2.31. The molecule has 0 aliphatic rings. The molecule has 4 rings (SSSR count). The maximum atomic E-state index is 13.4. The van der Waals surface area contributed by atoms with Crippen molar-refractivity contribution in [1.82, 2.24) is 9.55 Å². The van der Waals surface area contributed by atoms with Crippen molar-refractivity contribution in [2.75, 3.05) is 18.4 Å². The fourth-order valence-electron chi connectivity index (χ4n) is 4.01. The molecule has 1 atom stereocenters. The Bertz CT molecular complexity index is 1470. The van der Waals surface area contributed by atoms with Crippen molar-refractivity contribution in [3.05, 3.63) is 96.2 Å². The minimum atomic E-state index is -2.71. The van der Waals surface area contributed by atoms with Crippen LogP contribution in [0.15, 0.2) is 84.0 Å². The number of methoxy groups -OCH3 is 1. The van der Waals surface area contributed by atoms with Crippen molar-refractivity contribution < 1.29 is 17.7 Å². The van der Waals surface area contributed by atoms with E-state index >= 15 is 0 Å². The number of aryl methyl sites for hydroxylation is 1. The normalized spacial score (nSPS) is 12.6. The molecule has 10 heteroatoms. The second-order valence-electron chi connectivity index (χ2n) is 8.22. The van der Waals surface area contributed by atoms with Crippen molar-refractivity contribution in [3.63, 3.8) is 0 Å². The highest BCUT2D eigenvalue weighted by atomic mass is 32.2. The summed E-state index contributed by atoms with van der Waals surface area (Å²) in [7, 11) is 0.418. The summed E-state index contributed by atoms with van der Waals surface area (Å²) in [5, 5.41) is 1.41. The van der Waals surface area contributed by atoms with Gasteiger partial charge in [0.2, 0.25) is 0 Å². The van der Waals surface area contributed by atoms with Crippen LogP contribution in [0.2, 0.25) is 0 Å². The number of imidazole rings is 1. The number of hydrazine groups is 1. The van der Waals surface area contributed by atoms with Gasteiger partial charge in [0.05, 0.1) is 24.2 Å². The molecule has 0 amide bonds. The summed E-state index contributed by atoms with van der Waals surface area (Å²) >= 11 is 0. The van der Waals surface area contributed by atoms with Crippen LogP contribution in [-0.4, -0.2) is 27.1 Å². The van der Waals surface area contributed by atoms with Gasteiger partial charge in [0.1, 0.15) is 17.3 Å². The molecule has 0 aliphatic carbocycles. The summed E-state index contributed by atoms with van der Waals surface area (Å²) in [5.41, 5.74) is 9.53. The highest BCUT2D eigenvalue weighted by molar-refractivity contribution is 7.84. The molecule has 3 aromatic carbocycles. The predicted molar refractivity (Wildman–Crippen MR) is 143 cm³/mol. The van der Waals surface area contributed by atoms with Gasteiger partial charge in [0.15, 0.2) is 0 Å². The second kappa shape index (κ2) is 10.9. The lowest BCUT2D eigenvalue weighted by molar-refractivity contribution is 0.146. The Kier molecular flexibility index (Phi) is 7.70. The molecule has 0 aliphatic heterocycles. The Hall–Kier alpha value is -4.02. The molecule has 0 spiro atoms. The van der Waals surface area contributed by atoms with Gasteiger partial charge in [-0.2, -0.15) is 0 Å². The minimum Gasteiger partial charge on any atom is -0.497 e. The number of hydrogen-bond acceptors (Lipinski definition) is 6. The number of benzene rings is 3. The van der Waals surface area contributed by atoms with E-state index in [0.29, 0.717) is 33.5 Å². The SMILES string of the molecule is COc1ccc(/C(=C/N)N(N)c2cc(-c3cccc(S(C)=O)c3)ccc2-n2cc(C(F)F)nc2C)cc1. The maximum absolute atomic E-state index is 13.4. The lowest BCUT2D eigenvalue weighted by atomic mass is 10.0. The number of nitrogens with two attached hydrogens (primary N) is 2. The van der Waals surface area contributed by atoms with E-state index in [2.05, 4.69) is 4.98 Å². The first kappa shape index (κ1) is 26.1. The molecular formula is C27H27F2N5O2S. The molecule has 192 valence electrons. The predicted octanol–water partition coefficient (Wildman–Crippen LogP) is 5.17. The number of hydrogen-bond donors (Lipinski definition) is 2. The molecule has 1 unspecified atom stereocenters. The summed E-state index contributed by atoms with van der Waals surface area (Å²) in [6.07, 6.45) is 1.58.